The molecule has 2 nitrogen and oxygen atoms in total. The number of halogens is 5. The van der Waals surface area contributed by atoms with Crippen LogP contribution in [-0.4, -0.2) is 32.4 Å². The Morgan fingerprint density at radius 3 is 2.00 bits per heavy atom. The standard InChI is InChI=1S/C6H10F5NO/c7-5(8)3-13-2-4(1-12)6(9,10)11/h4-5H,1-3,12H2. The average molecular weight is 207 g/mol. The third-order valence-corrected chi connectivity index (χ3v) is 1.31. The highest BCUT2D eigenvalue weighted by atomic mass is 19.4. The fourth-order valence-electron chi connectivity index (χ4n) is 0.596. The van der Waals surface area contributed by atoms with Gasteiger partial charge in [0.2, 0.25) is 0 Å². The van der Waals surface area contributed by atoms with E-state index in [2.05, 4.69) is 4.74 Å². The number of nitrogens with two attached hydrogens (primary N) is 1. The quantitative estimate of drug-likeness (QED) is 0.691. The summed E-state index contributed by atoms with van der Waals surface area (Å²) in [5, 5.41) is 0. The largest absolute Gasteiger partial charge is 0.395 e. The molecule has 0 rings (SSSR count). The first kappa shape index (κ1) is 12.6. The minimum Gasteiger partial charge on any atom is -0.375 e. The Hall–Kier alpha value is -0.430. The van der Waals surface area contributed by atoms with Crippen molar-refractivity contribution in [1.29, 1.82) is 0 Å². The maximum absolute atomic E-state index is 11.9. The lowest BCUT2D eigenvalue weighted by Gasteiger charge is -2.17. The van der Waals surface area contributed by atoms with Crippen LogP contribution in [0.25, 0.3) is 0 Å². The predicted molar refractivity (Wildman–Crippen MR) is 35.4 cm³/mol. The predicted octanol–water partition coefficient (Wildman–Crippen LogP) is 1.41. The van der Waals surface area contributed by atoms with Crippen molar-refractivity contribution in [3.8, 4) is 0 Å². The molecule has 0 bridgehead atoms. The van der Waals surface area contributed by atoms with Gasteiger partial charge >= 0.3 is 6.18 Å². The third kappa shape index (κ3) is 5.75. The molecule has 2 N–H and O–H groups in total. The molecule has 80 valence electrons. The van der Waals surface area contributed by atoms with Gasteiger partial charge in [0, 0.05) is 6.54 Å². The van der Waals surface area contributed by atoms with Crippen LogP contribution < -0.4 is 5.73 Å². The van der Waals surface area contributed by atoms with Crippen molar-refractivity contribution in [3.63, 3.8) is 0 Å². The van der Waals surface area contributed by atoms with Crippen LogP contribution in [0, 0.1) is 5.92 Å². The van der Waals surface area contributed by atoms with Gasteiger partial charge in [0.1, 0.15) is 6.61 Å². The zero-order valence-corrected chi connectivity index (χ0v) is 6.65. The monoisotopic (exact) mass is 207 g/mol. The topological polar surface area (TPSA) is 35.2 Å². The van der Waals surface area contributed by atoms with Crippen LogP contribution >= 0.6 is 0 Å². The molecule has 0 heterocycles. The molecule has 0 radical (unpaired) electrons. The van der Waals surface area contributed by atoms with Crippen molar-refractivity contribution in [1.82, 2.24) is 0 Å². The number of ether oxygens (including phenoxy) is 1. The van der Waals surface area contributed by atoms with Crippen LogP contribution in [0.1, 0.15) is 0 Å². The van der Waals surface area contributed by atoms with E-state index in [1.165, 1.54) is 0 Å². The molecule has 0 aliphatic carbocycles. The Labute approximate surface area is 71.8 Å². The summed E-state index contributed by atoms with van der Waals surface area (Å²) in [7, 11) is 0. The summed E-state index contributed by atoms with van der Waals surface area (Å²) < 4.78 is 62.7. The fraction of sp³-hybridized carbons (Fsp3) is 1.00. The van der Waals surface area contributed by atoms with Crippen LogP contribution in [-0.2, 0) is 4.74 Å². The minimum absolute atomic E-state index is 0.660. The second-order valence-electron chi connectivity index (χ2n) is 2.40. The summed E-state index contributed by atoms with van der Waals surface area (Å²) in [6.07, 6.45) is -7.25. The average Bonchev–Trinajstić information content (AvgIpc) is 1.95. The molecule has 1 atom stereocenters. The Morgan fingerprint density at radius 2 is 1.69 bits per heavy atom. The number of rotatable bonds is 5. The zero-order valence-electron chi connectivity index (χ0n) is 6.65. The second-order valence-corrected chi connectivity index (χ2v) is 2.40. The van der Waals surface area contributed by atoms with Crippen LogP contribution in [0.15, 0.2) is 0 Å². The van der Waals surface area contributed by atoms with Gasteiger partial charge in [0.15, 0.2) is 0 Å². The van der Waals surface area contributed by atoms with Crippen molar-refractivity contribution < 1.29 is 26.7 Å². The van der Waals surface area contributed by atoms with Gasteiger partial charge in [-0.2, -0.15) is 13.2 Å². The molecule has 0 spiro atoms. The summed E-state index contributed by atoms with van der Waals surface area (Å²) in [5.41, 5.74) is 4.79. The first-order valence-corrected chi connectivity index (χ1v) is 3.50. The molecule has 0 saturated carbocycles. The Balaban J connectivity index is 3.73. The lowest BCUT2D eigenvalue weighted by molar-refractivity contribution is -0.187. The van der Waals surface area contributed by atoms with E-state index in [9.17, 15) is 22.0 Å². The minimum atomic E-state index is -4.49. The highest BCUT2D eigenvalue weighted by Crippen LogP contribution is 2.25. The van der Waals surface area contributed by atoms with Gasteiger partial charge in [-0.05, 0) is 0 Å². The lowest BCUT2D eigenvalue weighted by Crippen LogP contribution is -2.34. The summed E-state index contributed by atoms with van der Waals surface area (Å²) in [6, 6.07) is 0. The molecule has 0 fully saturated rings. The Morgan fingerprint density at radius 1 is 1.15 bits per heavy atom. The highest BCUT2D eigenvalue weighted by molar-refractivity contribution is 4.67. The molecule has 7 heteroatoms. The molecule has 1 unspecified atom stereocenters. The number of hydrogen-bond acceptors (Lipinski definition) is 2. The van der Waals surface area contributed by atoms with Crippen LogP contribution in [0.3, 0.4) is 0 Å². The van der Waals surface area contributed by atoms with Gasteiger partial charge in [-0.3, -0.25) is 0 Å². The lowest BCUT2D eigenvalue weighted by atomic mass is 10.1. The fourth-order valence-corrected chi connectivity index (χ4v) is 0.596. The smallest absolute Gasteiger partial charge is 0.375 e. The van der Waals surface area contributed by atoms with Gasteiger partial charge in [0.25, 0.3) is 6.43 Å². The zero-order chi connectivity index (χ0) is 10.5. The first-order valence-electron chi connectivity index (χ1n) is 3.50. The molecule has 0 aliphatic heterocycles. The highest BCUT2D eigenvalue weighted by Gasteiger charge is 2.38. The van der Waals surface area contributed by atoms with E-state index in [-0.39, 0.29) is 0 Å². The molecule has 0 aromatic carbocycles. The summed E-state index contributed by atoms with van der Waals surface area (Å²) in [6.45, 7) is -2.47. The molecule has 0 aromatic heterocycles. The van der Waals surface area contributed by atoms with Crippen LogP contribution in [0.5, 0.6) is 0 Å². The molecular weight excluding hydrogens is 197 g/mol. The van der Waals surface area contributed by atoms with E-state index in [4.69, 9.17) is 5.73 Å². The van der Waals surface area contributed by atoms with E-state index in [0.29, 0.717) is 0 Å². The van der Waals surface area contributed by atoms with Gasteiger partial charge in [-0.25, -0.2) is 8.78 Å². The van der Waals surface area contributed by atoms with Crippen molar-refractivity contribution in [3.05, 3.63) is 0 Å². The van der Waals surface area contributed by atoms with Gasteiger partial charge in [-0.1, -0.05) is 0 Å². The molecule has 0 aromatic rings. The van der Waals surface area contributed by atoms with Crippen molar-refractivity contribution in [2.75, 3.05) is 19.8 Å². The SMILES string of the molecule is NCC(COCC(F)F)C(F)(F)F. The van der Waals surface area contributed by atoms with Gasteiger partial charge in [-0.15, -0.1) is 0 Å². The van der Waals surface area contributed by atoms with Gasteiger partial charge < -0.3 is 10.5 Å². The third-order valence-electron chi connectivity index (χ3n) is 1.31. The molecule has 0 aliphatic rings. The van der Waals surface area contributed by atoms with E-state index in [0.717, 1.165) is 0 Å². The Bertz CT molecular complexity index is 137. The number of hydrogen-bond donors (Lipinski definition) is 1. The van der Waals surface area contributed by atoms with Crippen LogP contribution in [0.4, 0.5) is 22.0 Å². The van der Waals surface area contributed by atoms with E-state index in [1.54, 1.807) is 0 Å². The molecule has 13 heavy (non-hydrogen) atoms. The summed E-state index contributed by atoms with van der Waals surface area (Å²) in [4.78, 5) is 0. The Kier molecular flexibility index (Phi) is 5.16. The van der Waals surface area contributed by atoms with Crippen molar-refractivity contribution in [2.24, 2.45) is 11.7 Å². The summed E-state index contributed by atoms with van der Waals surface area (Å²) >= 11 is 0. The summed E-state index contributed by atoms with van der Waals surface area (Å²) in [5.74, 6) is -1.87. The second kappa shape index (κ2) is 5.33. The van der Waals surface area contributed by atoms with Crippen molar-refractivity contribution >= 4 is 0 Å². The molecule has 0 amide bonds. The maximum atomic E-state index is 11.9. The van der Waals surface area contributed by atoms with E-state index >= 15 is 0 Å². The van der Waals surface area contributed by atoms with E-state index in [1.807, 2.05) is 0 Å². The molecule has 0 saturated heterocycles. The maximum Gasteiger partial charge on any atom is 0.395 e. The molecular formula is C6H10F5NO. The first-order chi connectivity index (χ1) is 5.88. The van der Waals surface area contributed by atoms with Gasteiger partial charge in [0.05, 0.1) is 12.5 Å². The van der Waals surface area contributed by atoms with Crippen molar-refractivity contribution in [2.45, 2.75) is 12.6 Å². The van der Waals surface area contributed by atoms with E-state index < -0.39 is 38.3 Å². The number of alkyl halides is 5. The normalized spacial score (nSPS) is 15.0. The van der Waals surface area contributed by atoms with Crippen LogP contribution in [0.2, 0.25) is 0 Å².